The summed E-state index contributed by atoms with van der Waals surface area (Å²) in [5.41, 5.74) is 0.802. The number of nitrogens with zero attached hydrogens (tertiary/aromatic N) is 1. The molecular formula is C12H11F2N3O. The molecule has 0 atom stereocenters. The maximum absolute atomic E-state index is 13.3. The maximum atomic E-state index is 13.3. The number of benzene rings is 1. The number of carbonyl (C=O) groups excluding carboxylic acids is 1. The molecule has 2 aromatic rings. The molecule has 94 valence electrons. The van der Waals surface area contributed by atoms with E-state index >= 15 is 0 Å². The van der Waals surface area contributed by atoms with Gasteiger partial charge in [0, 0.05) is 24.4 Å². The molecule has 18 heavy (non-hydrogen) atoms. The van der Waals surface area contributed by atoms with Crippen molar-refractivity contribution < 1.29 is 13.6 Å². The Morgan fingerprint density at radius 3 is 2.89 bits per heavy atom. The van der Waals surface area contributed by atoms with Gasteiger partial charge in [-0.25, -0.2) is 13.8 Å². The molecule has 0 saturated carbocycles. The minimum Gasteiger partial charge on any atom is -0.348 e. The second-order valence-corrected chi connectivity index (χ2v) is 3.75. The number of hydrogen-bond acceptors (Lipinski definition) is 2. The number of rotatable bonds is 4. The number of aromatic amines is 1. The van der Waals surface area contributed by atoms with Crippen LogP contribution >= 0.6 is 0 Å². The highest BCUT2D eigenvalue weighted by molar-refractivity contribution is 5.90. The Morgan fingerprint density at radius 2 is 2.22 bits per heavy atom. The summed E-state index contributed by atoms with van der Waals surface area (Å²) in [6.45, 7) is 0. The molecule has 0 spiro atoms. The predicted octanol–water partition coefficient (Wildman–Crippen LogP) is 2.26. The van der Waals surface area contributed by atoms with Gasteiger partial charge in [-0.2, -0.15) is 0 Å². The Morgan fingerprint density at radius 1 is 1.39 bits per heavy atom. The molecule has 0 aliphatic heterocycles. The number of halogens is 2. The van der Waals surface area contributed by atoms with Gasteiger partial charge in [0.25, 0.3) is 0 Å². The number of nitrogens with one attached hydrogen (secondary N) is 2. The monoisotopic (exact) mass is 251 g/mol. The van der Waals surface area contributed by atoms with Crippen molar-refractivity contribution in [3.05, 3.63) is 48.1 Å². The minimum absolute atomic E-state index is 0.0222. The van der Waals surface area contributed by atoms with Gasteiger partial charge in [-0.15, -0.1) is 0 Å². The van der Waals surface area contributed by atoms with Gasteiger partial charge in [0.1, 0.15) is 11.6 Å². The topological polar surface area (TPSA) is 57.8 Å². The molecule has 0 unspecified atom stereocenters. The lowest BCUT2D eigenvalue weighted by atomic mass is 10.2. The summed E-state index contributed by atoms with van der Waals surface area (Å²) in [6.07, 6.45) is 3.81. The number of imidazole rings is 1. The summed E-state index contributed by atoms with van der Waals surface area (Å²) >= 11 is 0. The van der Waals surface area contributed by atoms with E-state index in [4.69, 9.17) is 0 Å². The van der Waals surface area contributed by atoms with Gasteiger partial charge in [-0.05, 0) is 18.6 Å². The molecule has 0 aliphatic carbocycles. The highest BCUT2D eigenvalue weighted by Gasteiger charge is 2.08. The second kappa shape index (κ2) is 5.39. The number of aromatic nitrogens is 2. The van der Waals surface area contributed by atoms with Crippen molar-refractivity contribution in [1.29, 1.82) is 0 Å². The number of anilines is 1. The quantitative estimate of drug-likeness (QED) is 0.875. The zero-order chi connectivity index (χ0) is 13.0. The van der Waals surface area contributed by atoms with Gasteiger partial charge in [-0.3, -0.25) is 4.79 Å². The van der Waals surface area contributed by atoms with Crippen molar-refractivity contribution in [2.75, 3.05) is 5.32 Å². The van der Waals surface area contributed by atoms with E-state index in [2.05, 4.69) is 15.3 Å². The van der Waals surface area contributed by atoms with Gasteiger partial charge < -0.3 is 10.3 Å². The zero-order valence-electron chi connectivity index (χ0n) is 9.41. The van der Waals surface area contributed by atoms with Crippen LogP contribution in [0.5, 0.6) is 0 Å². The lowest BCUT2D eigenvalue weighted by Crippen LogP contribution is -2.13. The van der Waals surface area contributed by atoms with Gasteiger partial charge in [-0.1, -0.05) is 0 Å². The Kier molecular flexibility index (Phi) is 3.66. The molecule has 6 heteroatoms. The SMILES string of the molecule is O=C(CCc1cnc[nH]1)Nc1ccc(F)cc1F. The molecule has 4 nitrogen and oxygen atoms in total. The predicted molar refractivity (Wildman–Crippen MR) is 61.9 cm³/mol. The second-order valence-electron chi connectivity index (χ2n) is 3.75. The number of H-pyrrole nitrogens is 1. The normalized spacial score (nSPS) is 10.3. The fraction of sp³-hybridized carbons (Fsp3) is 0.167. The lowest BCUT2D eigenvalue weighted by Gasteiger charge is -2.05. The highest BCUT2D eigenvalue weighted by atomic mass is 19.1. The molecule has 0 radical (unpaired) electrons. The average Bonchev–Trinajstić information content (AvgIpc) is 2.83. The van der Waals surface area contributed by atoms with Crippen LogP contribution in [0.2, 0.25) is 0 Å². The van der Waals surface area contributed by atoms with Crippen LogP contribution in [-0.4, -0.2) is 15.9 Å². The fourth-order valence-corrected chi connectivity index (χ4v) is 1.47. The van der Waals surface area contributed by atoms with Gasteiger partial charge in [0.05, 0.1) is 12.0 Å². The van der Waals surface area contributed by atoms with E-state index < -0.39 is 11.6 Å². The van der Waals surface area contributed by atoms with Crippen LogP contribution in [0.3, 0.4) is 0 Å². The summed E-state index contributed by atoms with van der Waals surface area (Å²) in [5.74, 6) is -1.80. The zero-order valence-corrected chi connectivity index (χ0v) is 9.41. The molecule has 0 bridgehead atoms. The van der Waals surface area contributed by atoms with Crippen LogP contribution in [0.25, 0.3) is 0 Å². The largest absolute Gasteiger partial charge is 0.348 e. The van der Waals surface area contributed by atoms with Gasteiger partial charge in [0.2, 0.25) is 5.91 Å². The minimum atomic E-state index is -0.787. The molecular weight excluding hydrogens is 240 g/mol. The molecule has 0 aliphatic rings. The fourth-order valence-electron chi connectivity index (χ4n) is 1.47. The summed E-state index contributed by atoms with van der Waals surface area (Å²) < 4.78 is 25.9. The molecule has 1 heterocycles. The Balaban J connectivity index is 1.91. The van der Waals surface area contributed by atoms with Crippen LogP contribution in [0.15, 0.2) is 30.7 Å². The Bertz CT molecular complexity index is 540. The van der Waals surface area contributed by atoms with Crippen LogP contribution in [-0.2, 0) is 11.2 Å². The van der Waals surface area contributed by atoms with E-state index in [9.17, 15) is 13.6 Å². The number of carbonyl (C=O) groups is 1. The van der Waals surface area contributed by atoms with Crippen LogP contribution in [0, 0.1) is 11.6 Å². The molecule has 1 amide bonds. The maximum Gasteiger partial charge on any atom is 0.224 e. The van der Waals surface area contributed by atoms with Crippen LogP contribution in [0.1, 0.15) is 12.1 Å². The summed E-state index contributed by atoms with van der Waals surface area (Å²) in [4.78, 5) is 18.2. The molecule has 0 fully saturated rings. The third-order valence-electron chi connectivity index (χ3n) is 2.38. The molecule has 0 saturated heterocycles. The van der Waals surface area contributed by atoms with E-state index in [0.29, 0.717) is 6.42 Å². The third kappa shape index (κ3) is 3.13. The van der Waals surface area contributed by atoms with Crippen LogP contribution in [0.4, 0.5) is 14.5 Å². The van der Waals surface area contributed by atoms with Gasteiger partial charge >= 0.3 is 0 Å². The van der Waals surface area contributed by atoms with Crippen molar-refractivity contribution in [3.63, 3.8) is 0 Å². The summed E-state index contributed by atoms with van der Waals surface area (Å²) in [6, 6.07) is 3.01. The van der Waals surface area contributed by atoms with Crippen molar-refractivity contribution in [2.45, 2.75) is 12.8 Å². The first kappa shape index (κ1) is 12.2. The van der Waals surface area contributed by atoms with Crippen molar-refractivity contribution in [2.24, 2.45) is 0 Å². The van der Waals surface area contributed by atoms with Crippen molar-refractivity contribution >= 4 is 11.6 Å². The van der Waals surface area contributed by atoms with E-state index in [-0.39, 0.29) is 18.0 Å². The summed E-state index contributed by atoms with van der Waals surface area (Å²) in [5, 5.41) is 2.38. The van der Waals surface area contributed by atoms with E-state index in [1.54, 1.807) is 6.20 Å². The highest BCUT2D eigenvalue weighted by Crippen LogP contribution is 2.15. The first-order chi connectivity index (χ1) is 8.65. The molecule has 2 N–H and O–H groups in total. The molecule has 2 rings (SSSR count). The Hall–Kier alpha value is -2.24. The Labute approximate surface area is 102 Å². The smallest absolute Gasteiger partial charge is 0.224 e. The first-order valence-electron chi connectivity index (χ1n) is 5.37. The lowest BCUT2D eigenvalue weighted by molar-refractivity contribution is -0.116. The number of aryl methyl sites for hydroxylation is 1. The molecule has 1 aromatic carbocycles. The average molecular weight is 251 g/mol. The number of amides is 1. The van der Waals surface area contributed by atoms with E-state index in [0.717, 1.165) is 17.8 Å². The first-order valence-corrected chi connectivity index (χ1v) is 5.37. The van der Waals surface area contributed by atoms with Crippen molar-refractivity contribution in [3.8, 4) is 0 Å². The number of hydrogen-bond donors (Lipinski definition) is 2. The third-order valence-corrected chi connectivity index (χ3v) is 2.38. The van der Waals surface area contributed by atoms with E-state index in [1.807, 2.05) is 0 Å². The van der Waals surface area contributed by atoms with Gasteiger partial charge in [0.15, 0.2) is 0 Å². The van der Waals surface area contributed by atoms with Crippen molar-refractivity contribution in [1.82, 2.24) is 9.97 Å². The standard InChI is InChI=1S/C12H11F2N3O/c13-8-1-3-11(10(14)5-8)17-12(18)4-2-9-6-15-7-16-9/h1,3,5-7H,2,4H2,(H,15,16)(H,17,18). The van der Waals surface area contributed by atoms with E-state index in [1.165, 1.54) is 12.4 Å². The van der Waals surface area contributed by atoms with Crippen LogP contribution < -0.4 is 5.32 Å². The summed E-state index contributed by atoms with van der Waals surface area (Å²) in [7, 11) is 0. The molecule has 1 aromatic heterocycles.